The van der Waals surface area contributed by atoms with Gasteiger partial charge in [-0.3, -0.25) is 30.7 Å². The summed E-state index contributed by atoms with van der Waals surface area (Å²) in [6, 6.07) is 8.30. The lowest BCUT2D eigenvalue weighted by Gasteiger charge is -2.11. The molecular weight excluding hydrogens is 357 g/mol. The van der Waals surface area contributed by atoms with Gasteiger partial charge in [-0.1, -0.05) is 0 Å². The van der Waals surface area contributed by atoms with Crippen molar-refractivity contribution in [3.05, 3.63) is 76.6 Å². The Bertz CT molecular complexity index is 968. The Morgan fingerprint density at radius 2 is 1.85 bits per heavy atom. The van der Waals surface area contributed by atoms with Crippen LogP contribution in [0.4, 0.5) is 27.4 Å². The molecule has 3 aromatic rings. The molecule has 0 atom stereocenters. The zero-order chi connectivity index (χ0) is 19.2. The van der Waals surface area contributed by atoms with Crippen LogP contribution in [-0.4, -0.2) is 25.8 Å². The SMILES string of the molecule is O=C(NNc1ncnc(Nc2ccc(F)cc2)c1[N+](=O)[O-])c1cccnc1. The molecule has 0 radical (unpaired) electrons. The third-order valence-corrected chi connectivity index (χ3v) is 3.33. The van der Waals surface area contributed by atoms with Crippen molar-refractivity contribution in [2.75, 3.05) is 10.7 Å². The van der Waals surface area contributed by atoms with Crippen molar-refractivity contribution in [1.82, 2.24) is 20.4 Å². The maximum atomic E-state index is 13.0. The van der Waals surface area contributed by atoms with E-state index in [1.165, 1.54) is 42.7 Å². The average molecular weight is 369 g/mol. The number of amides is 1. The number of carbonyl (C=O) groups is 1. The Labute approximate surface area is 151 Å². The maximum Gasteiger partial charge on any atom is 0.355 e. The minimum atomic E-state index is -0.704. The van der Waals surface area contributed by atoms with E-state index in [0.29, 0.717) is 5.69 Å². The number of carbonyl (C=O) groups excluding carboxylic acids is 1. The summed E-state index contributed by atoms with van der Waals surface area (Å²) in [5, 5.41) is 14.2. The van der Waals surface area contributed by atoms with Gasteiger partial charge >= 0.3 is 5.69 Å². The molecule has 0 unspecified atom stereocenters. The minimum Gasteiger partial charge on any atom is -0.334 e. The van der Waals surface area contributed by atoms with Crippen LogP contribution in [0, 0.1) is 15.9 Å². The summed E-state index contributed by atoms with van der Waals surface area (Å²) in [6.07, 6.45) is 3.93. The van der Waals surface area contributed by atoms with E-state index in [0.717, 1.165) is 6.33 Å². The van der Waals surface area contributed by atoms with Gasteiger partial charge in [-0.05, 0) is 36.4 Å². The number of aromatic nitrogens is 3. The summed E-state index contributed by atoms with van der Waals surface area (Å²) in [5.74, 6) is -1.35. The first kappa shape index (κ1) is 17.7. The Balaban J connectivity index is 1.82. The molecule has 0 spiro atoms. The van der Waals surface area contributed by atoms with Crippen LogP contribution in [0.2, 0.25) is 0 Å². The van der Waals surface area contributed by atoms with Gasteiger partial charge in [0.15, 0.2) is 0 Å². The molecule has 0 aliphatic carbocycles. The van der Waals surface area contributed by atoms with Crippen LogP contribution in [0.25, 0.3) is 0 Å². The van der Waals surface area contributed by atoms with Crippen molar-refractivity contribution in [1.29, 1.82) is 0 Å². The lowest BCUT2D eigenvalue weighted by molar-refractivity contribution is -0.383. The molecular formula is C16H12FN7O3. The van der Waals surface area contributed by atoms with Gasteiger partial charge in [-0.2, -0.15) is 0 Å². The highest BCUT2D eigenvalue weighted by molar-refractivity contribution is 5.94. The van der Waals surface area contributed by atoms with Gasteiger partial charge in [0.1, 0.15) is 12.1 Å². The Morgan fingerprint density at radius 3 is 2.52 bits per heavy atom. The molecule has 0 aliphatic heterocycles. The molecule has 11 heteroatoms. The number of hydrazine groups is 1. The number of halogens is 1. The molecule has 1 amide bonds. The zero-order valence-electron chi connectivity index (χ0n) is 13.6. The number of nitro groups is 1. The van der Waals surface area contributed by atoms with Crippen LogP contribution in [0.5, 0.6) is 0 Å². The summed E-state index contributed by atoms with van der Waals surface area (Å²) in [4.78, 5) is 34.2. The van der Waals surface area contributed by atoms with Crippen molar-refractivity contribution in [3.8, 4) is 0 Å². The Hall–Kier alpha value is -4.15. The average Bonchev–Trinajstić information content (AvgIpc) is 2.68. The van der Waals surface area contributed by atoms with Gasteiger partial charge in [-0.15, -0.1) is 0 Å². The highest BCUT2D eigenvalue weighted by Gasteiger charge is 2.23. The van der Waals surface area contributed by atoms with E-state index in [-0.39, 0.29) is 17.2 Å². The smallest absolute Gasteiger partial charge is 0.334 e. The molecule has 10 nitrogen and oxygen atoms in total. The van der Waals surface area contributed by atoms with Gasteiger partial charge in [0.2, 0.25) is 11.6 Å². The second-order valence-electron chi connectivity index (χ2n) is 5.13. The first-order valence-electron chi connectivity index (χ1n) is 7.53. The minimum absolute atomic E-state index is 0.125. The standard InChI is InChI=1S/C16H12FN7O3/c17-11-3-5-12(6-4-11)21-14-13(24(26)27)15(20-9-19-14)22-23-16(25)10-2-1-7-18-8-10/h1-9H,(H,23,25)(H2,19,20,21,22). The van der Waals surface area contributed by atoms with Gasteiger partial charge in [0, 0.05) is 18.1 Å². The first-order chi connectivity index (χ1) is 13.0. The second kappa shape index (κ2) is 7.82. The summed E-state index contributed by atoms with van der Waals surface area (Å²) >= 11 is 0. The molecule has 0 fully saturated rings. The van der Waals surface area contributed by atoms with Gasteiger partial charge in [0.25, 0.3) is 5.91 Å². The molecule has 136 valence electrons. The van der Waals surface area contributed by atoms with Crippen molar-refractivity contribution < 1.29 is 14.1 Å². The highest BCUT2D eigenvalue weighted by Crippen LogP contribution is 2.30. The quantitative estimate of drug-likeness (QED) is 0.445. The monoisotopic (exact) mass is 369 g/mol. The van der Waals surface area contributed by atoms with Crippen molar-refractivity contribution in [2.24, 2.45) is 0 Å². The number of pyridine rings is 1. The molecule has 3 N–H and O–H groups in total. The summed E-state index contributed by atoms with van der Waals surface area (Å²) in [5.41, 5.74) is 4.87. The predicted molar refractivity (Wildman–Crippen MR) is 93.7 cm³/mol. The number of rotatable bonds is 6. The number of anilines is 3. The molecule has 27 heavy (non-hydrogen) atoms. The summed E-state index contributed by atoms with van der Waals surface area (Å²) < 4.78 is 13.0. The molecule has 1 aromatic carbocycles. The van der Waals surface area contributed by atoms with E-state index >= 15 is 0 Å². The fourth-order valence-corrected chi connectivity index (χ4v) is 2.09. The lowest BCUT2D eigenvalue weighted by Crippen LogP contribution is -2.30. The first-order valence-corrected chi connectivity index (χ1v) is 7.53. The number of benzene rings is 1. The molecule has 0 bridgehead atoms. The van der Waals surface area contributed by atoms with Crippen LogP contribution in [0.3, 0.4) is 0 Å². The van der Waals surface area contributed by atoms with Crippen LogP contribution in [0.15, 0.2) is 55.1 Å². The largest absolute Gasteiger partial charge is 0.355 e. The fourth-order valence-electron chi connectivity index (χ4n) is 2.09. The summed E-state index contributed by atoms with van der Waals surface area (Å²) in [7, 11) is 0. The zero-order valence-corrected chi connectivity index (χ0v) is 13.6. The number of nitrogens with one attached hydrogen (secondary N) is 3. The third-order valence-electron chi connectivity index (χ3n) is 3.33. The third kappa shape index (κ3) is 4.28. The Kier molecular flexibility index (Phi) is 5.12. The van der Waals surface area contributed by atoms with E-state index < -0.39 is 22.3 Å². The van der Waals surface area contributed by atoms with E-state index in [9.17, 15) is 19.3 Å². The number of nitrogens with zero attached hydrogens (tertiary/aromatic N) is 4. The fraction of sp³-hybridized carbons (Fsp3) is 0. The van der Waals surface area contributed by atoms with E-state index in [4.69, 9.17) is 0 Å². The predicted octanol–water partition coefficient (Wildman–Crippen LogP) is 2.42. The highest BCUT2D eigenvalue weighted by atomic mass is 19.1. The topological polar surface area (TPSA) is 135 Å². The lowest BCUT2D eigenvalue weighted by atomic mass is 10.3. The summed E-state index contributed by atoms with van der Waals surface area (Å²) in [6.45, 7) is 0. The maximum absolute atomic E-state index is 13.0. The second-order valence-corrected chi connectivity index (χ2v) is 5.13. The van der Waals surface area contributed by atoms with Crippen LogP contribution >= 0.6 is 0 Å². The van der Waals surface area contributed by atoms with Gasteiger partial charge in [-0.25, -0.2) is 14.4 Å². The van der Waals surface area contributed by atoms with E-state index in [1.807, 2.05) is 0 Å². The van der Waals surface area contributed by atoms with Gasteiger partial charge < -0.3 is 5.32 Å². The molecule has 2 heterocycles. The molecule has 0 saturated carbocycles. The van der Waals surface area contributed by atoms with E-state index in [1.54, 1.807) is 6.07 Å². The van der Waals surface area contributed by atoms with Crippen LogP contribution < -0.4 is 16.2 Å². The van der Waals surface area contributed by atoms with Crippen molar-refractivity contribution in [2.45, 2.75) is 0 Å². The van der Waals surface area contributed by atoms with E-state index in [2.05, 4.69) is 31.1 Å². The Morgan fingerprint density at radius 1 is 1.11 bits per heavy atom. The normalized spacial score (nSPS) is 10.1. The molecule has 3 rings (SSSR count). The molecule has 0 aliphatic rings. The van der Waals surface area contributed by atoms with Crippen LogP contribution in [0.1, 0.15) is 10.4 Å². The molecule has 0 saturated heterocycles. The number of hydrogen-bond donors (Lipinski definition) is 3. The van der Waals surface area contributed by atoms with Gasteiger partial charge in [0.05, 0.1) is 10.5 Å². The molecule has 2 aromatic heterocycles. The number of hydrogen-bond acceptors (Lipinski definition) is 8. The van der Waals surface area contributed by atoms with Crippen molar-refractivity contribution in [3.63, 3.8) is 0 Å². The van der Waals surface area contributed by atoms with Crippen LogP contribution in [-0.2, 0) is 0 Å². The van der Waals surface area contributed by atoms with Crippen molar-refractivity contribution >= 4 is 28.9 Å².